The third-order valence-electron chi connectivity index (χ3n) is 4.64. The van der Waals surface area contributed by atoms with E-state index in [1.54, 1.807) is 11.0 Å². The lowest BCUT2D eigenvalue weighted by Gasteiger charge is -2.31. The van der Waals surface area contributed by atoms with Gasteiger partial charge in [0.05, 0.1) is 11.3 Å². The molecule has 0 spiro atoms. The van der Waals surface area contributed by atoms with Gasteiger partial charge in [0.1, 0.15) is 0 Å². The van der Waals surface area contributed by atoms with Crippen molar-refractivity contribution in [3.8, 4) is 5.69 Å². The van der Waals surface area contributed by atoms with Crippen molar-refractivity contribution in [3.63, 3.8) is 0 Å². The molecule has 1 aliphatic rings. The highest BCUT2D eigenvalue weighted by Gasteiger charge is 2.30. The number of hydrogen-bond donors (Lipinski definition) is 1. The van der Waals surface area contributed by atoms with Crippen LogP contribution in [0.2, 0.25) is 0 Å². The van der Waals surface area contributed by atoms with E-state index in [-0.39, 0.29) is 29.7 Å². The van der Waals surface area contributed by atoms with E-state index < -0.39 is 11.7 Å². The highest BCUT2D eigenvalue weighted by Crippen LogP contribution is 2.30. The van der Waals surface area contributed by atoms with Crippen LogP contribution in [0, 0.1) is 5.92 Å². The molecular formula is C18H22ClF3N4O. The molecule has 148 valence electrons. The van der Waals surface area contributed by atoms with E-state index in [4.69, 9.17) is 0 Å². The minimum atomic E-state index is -4.42. The number of rotatable bonds is 4. The summed E-state index contributed by atoms with van der Waals surface area (Å²) in [6.45, 7) is 2.27. The van der Waals surface area contributed by atoms with Gasteiger partial charge in [-0.25, -0.2) is 4.68 Å². The zero-order valence-corrected chi connectivity index (χ0v) is 15.7. The number of benzene rings is 1. The predicted molar refractivity (Wildman–Crippen MR) is 98.4 cm³/mol. The van der Waals surface area contributed by atoms with Crippen LogP contribution in [0.1, 0.15) is 28.9 Å². The second-order valence-electron chi connectivity index (χ2n) is 6.49. The van der Waals surface area contributed by atoms with Crippen LogP contribution in [0.4, 0.5) is 13.2 Å². The van der Waals surface area contributed by atoms with Crippen LogP contribution >= 0.6 is 12.4 Å². The number of likely N-dealkylation sites (tertiary alicyclic amines) is 1. The topological polar surface area (TPSA) is 50.2 Å². The number of nitrogens with zero attached hydrogens (tertiary/aromatic N) is 3. The lowest BCUT2D eigenvalue weighted by molar-refractivity contribution is -0.137. The van der Waals surface area contributed by atoms with Crippen molar-refractivity contribution in [2.75, 3.05) is 26.7 Å². The van der Waals surface area contributed by atoms with Crippen molar-refractivity contribution in [1.82, 2.24) is 20.0 Å². The van der Waals surface area contributed by atoms with Crippen LogP contribution in [0.25, 0.3) is 5.69 Å². The van der Waals surface area contributed by atoms with Crippen LogP contribution in [0.15, 0.2) is 36.5 Å². The van der Waals surface area contributed by atoms with E-state index in [0.29, 0.717) is 19.0 Å². The van der Waals surface area contributed by atoms with Crippen molar-refractivity contribution >= 4 is 18.3 Å². The Morgan fingerprint density at radius 1 is 1.26 bits per heavy atom. The van der Waals surface area contributed by atoms with Gasteiger partial charge in [-0.05, 0) is 56.6 Å². The standard InChI is InChI=1S/C18H21F3N4O.ClH/c1-22-12-13-5-8-24(9-6-13)17(26)16-7-10-25(23-16)15-4-2-3-14(11-15)18(19,20)21;/h2-4,7,10-11,13,22H,5-6,8-9,12H2,1H3;1H. The molecule has 0 radical (unpaired) electrons. The number of nitrogens with one attached hydrogen (secondary N) is 1. The summed E-state index contributed by atoms with van der Waals surface area (Å²) in [6.07, 6.45) is -1.04. The molecule has 9 heteroatoms. The van der Waals surface area contributed by atoms with Gasteiger partial charge in [0.2, 0.25) is 0 Å². The number of piperidine rings is 1. The fraction of sp³-hybridized carbons (Fsp3) is 0.444. The molecule has 1 saturated heterocycles. The minimum absolute atomic E-state index is 0. The lowest BCUT2D eigenvalue weighted by atomic mass is 9.97. The average Bonchev–Trinajstić information content (AvgIpc) is 3.12. The molecule has 1 aromatic heterocycles. The van der Waals surface area contributed by atoms with Crippen LogP contribution < -0.4 is 5.32 Å². The molecule has 0 unspecified atom stereocenters. The van der Waals surface area contributed by atoms with Gasteiger partial charge in [-0.15, -0.1) is 12.4 Å². The monoisotopic (exact) mass is 402 g/mol. The number of carbonyl (C=O) groups excluding carboxylic acids is 1. The third-order valence-corrected chi connectivity index (χ3v) is 4.64. The van der Waals surface area contributed by atoms with Crippen molar-refractivity contribution in [1.29, 1.82) is 0 Å². The molecule has 3 rings (SSSR count). The second kappa shape index (κ2) is 8.75. The summed E-state index contributed by atoms with van der Waals surface area (Å²) in [6, 6.07) is 6.43. The van der Waals surface area contributed by atoms with Crippen LogP contribution in [0.3, 0.4) is 0 Å². The van der Waals surface area contributed by atoms with E-state index >= 15 is 0 Å². The van der Waals surface area contributed by atoms with E-state index in [1.807, 2.05) is 7.05 Å². The average molecular weight is 403 g/mol. The summed E-state index contributed by atoms with van der Waals surface area (Å²) in [4.78, 5) is 14.3. The van der Waals surface area contributed by atoms with Crippen molar-refractivity contribution in [3.05, 3.63) is 47.8 Å². The zero-order valence-electron chi connectivity index (χ0n) is 14.9. The maximum atomic E-state index is 12.9. The van der Waals surface area contributed by atoms with Gasteiger partial charge in [0.15, 0.2) is 5.69 Å². The molecule has 1 aliphatic heterocycles. The lowest BCUT2D eigenvalue weighted by Crippen LogP contribution is -2.40. The second-order valence-corrected chi connectivity index (χ2v) is 6.49. The van der Waals surface area contributed by atoms with Crippen molar-refractivity contribution in [2.45, 2.75) is 19.0 Å². The van der Waals surface area contributed by atoms with Gasteiger partial charge in [0.25, 0.3) is 5.91 Å². The van der Waals surface area contributed by atoms with E-state index in [9.17, 15) is 18.0 Å². The number of alkyl halides is 3. The molecule has 1 aromatic carbocycles. The Labute approximate surface area is 161 Å². The Bertz CT molecular complexity index is 770. The summed E-state index contributed by atoms with van der Waals surface area (Å²) < 4.78 is 39.9. The summed E-state index contributed by atoms with van der Waals surface area (Å²) in [5.74, 6) is 0.380. The summed E-state index contributed by atoms with van der Waals surface area (Å²) in [7, 11) is 1.91. The first-order valence-electron chi connectivity index (χ1n) is 8.55. The molecule has 2 aromatic rings. The smallest absolute Gasteiger partial charge is 0.337 e. The predicted octanol–water partition coefficient (Wildman–Crippen LogP) is 3.38. The number of hydrogen-bond acceptors (Lipinski definition) is 3. The number of amides is 1. The minimum Gasteiger partial charge on any atom is -0.337 e. The Morgan fingerprint density at radius 3 is 2.59 bits per heavy atom. The van der Waals surface area contributed by atoms with Crippen molar-refractivity contribution in [2.24, 2.45) is 5.92 Å². The normalized spacial score (nSPS) is 15.5. The number of aromatic nitrogens is 2. The first kappa shape index (κ1) is 21.2. The molecule has 1 fully saturated rings. The van der Waals surface area contributed by atoms with Crippen LogP contribution in [-0.4, -0.2) is 47.3 Å². The SMILES string of the molecule is CNCC1CCN(C(=O)c2ccn(-c3cccc(C(F)(F)F)c3)n2)CC1.Cl. The number of halogens is 4. The summed E-state index contributed by atoms with van der Waals surface area (Å²) in [5, 5.41) is 7.33. The first-order chi connectivity index (χ1) is 12.4. The van der Waals surface area contributed by atoms with Gasteiger partial charge in [-0.1, -0.05) is 6.07 Å². The Hall–Kier alpha value is -2.06. The third kappa shape index (κ3) is 5.01. The highest BCUT2D eigenvalue weighted by molar-refractivity contribution is 5.92. The van der Waals surface area contributed by atoms with Crippen LogP contribution in [0.5, 0.6) is 0 Å². The zero-order chi connectivity index (χ0) is 18.7. The Balaban J connectivity index is 0.00000261. The van der Waals surface area contributed by atoms with E-state index in [2.05, 4.69) is 10.4 Å². The van der Waals surface area contributed by atoms with E-state index in [0.717, 1.165) is 31.5 Å². The van der Waals surface area contributed by atoms with E-state index in [1.165, 1.54) is 23.0 Å². The van der Waals surface area contributed by atoms with Gasteiger partial charge >= 0.3 is 6.18 Å². The van der Waals surface area contributed by atoms with Gasteiger partial charge < -0.3 is 10.2 Å². The van der Waals surface area contributed by atoms with Gasteiger partial charge in [0, 0.05) is 19.3 Å². The molecule has 2 heterocycles. The molecule has 27 heavy (non-hydrogen) atoms. The fourth-order valence-corrected chi connectivity index (χ4v) is 3.20. The maximum absolute atomic E-state index is 12.9. The van der Waals surface area contributed by atoms with Gasteiger partial charge in [-0.2, -0.15) is 18.3 Å². The molecule has 1 N–H and O–H groups in total. The molecule has 5 nitrogen and oxygen atoms in total. The fourth-order valence-electron chi connectivity index (χ4n) is 3.20. The maximum Gasteiger partial charge on any atom is 0.416 e. The molecule has 0 aliphatic carbocycles. The van der Waals surface area contributed by atoms with Gasteiger partial charge in [-0.3, -0.25) is 4.79 Å². The highest BCUT2D eigenvalue weighted by atomic mass is 35.5. The Kier molecular flexibility index (Phi) is 6.89. The van der Waals surface area contributed by atoms with Crippen LogP contribution in [-0.2, 0) is 6.18 Å². The largest absolute Gasteiger partial charge is 0.416 e. The number of carbonyl (C=O) groups is 1. The molecule has 0 bridgehead atoms. The summed E-state index contributed by atoms with van der Waals surface area (Å²) >= 11 is 0. The molecular weight excluding hydrogens is 381 g/mol. The molecule has 1 amide bonds. The molecule has 0 atom stereocenters. The molecule has 0 saturated carbocycles. The van der Waals surface area contributed by atoms with Crippen molar-refractivity contribution < 1.29 is 18.0 Å². The first-order valence-corrected chi connectivity index (χ1v) is 8.55. The summed E-state index contributed by atoms with van der Waals surface area (Å²) in [5.41, 5.74) is -0.230. The Morgan fingerprint density at radius 2 is 1.96 bits per heavy atom. The quantitative estimate of drug-likeness (QED) is 0.853.